The molecule has 1 heterocycles. The summed E-state index contributed by atoms with van der Waals surface area (Å²) in [6, 6.07) is -2.34. The molecule has 1 aromatic heterocycles. The number of hydrogen-bond donors (Lipinski definition) is 4. The summed E-state index contributed by atoms with van der Waals surface area (Å²) in [6.07, 6.45) is 4.28. The van der Waals surface area contributed by atoms with E-state index in [4.69, 9.17) is 21.4 Å². The van der Waals surface area contributed by atoms with Gasteiger partial charge in [0.25, 0.3) is 5.97 Å². The van der Waals surface area contributed by atoms with Crippen molar-refractivity contribution in [2.24, 2.45) is 5.73 Å². The number of nitrogens with one attached hydrogen (secondary N) is 3. The summed E-state index contributed by atoms with van der Waals surface area (Å²) < 4.78 is 0. The van der Waals surface area contributed by atoms with Gasteiger partial charge in [0, 0.05) is 19.0 Å². The van der Waals surface area contributed by atoms with Gasteiger partial charge in [0.15, 0.2) is 0 Å². The molecule has 29 heavy (non-hydrogen) atoms. The first-order valence-electron chi connectivity index (χ1n) is 8.48. The zero-order chi connectivity index (χ0) is 21.5. The SMILES string of the molecule is CC(=O)O.[Cu+2].[NH-]CC(=O)[N-][C@@H](Cc1c[nH]cn1)C(=O)N[C@@H](CCCCN)C(=O)[O-]. The predicted molar refractivity (Wildman–Crippen MR) is 96.8 cm³/mol. The number of aliphatic carboxylic acids is 2. The molecule has 0 aromatic carbocycles. The maximum absolute atomic E-state index is 12.3. The second-order valence-electron chi connectivity index (χ2n) is 5.66. The number of aromatic amines is 1. The molecule has 6 N–H and O–H groups in total. The predicted octanol–water partition coefficient (Wildman–Crippen LogP) is -1.27. The molecule has 0 fully saturated rings. The summed E-state index contributed by atoms with van der Waals surface area (Å²) in [5.74, 6) is -3.73. The molecule has 0 unspecified atom stereocenters. The minimum Gasteiger partial charge on any atom is -0.673 e. The maximum atomic E-state index is 12.3. The van der Waals surface area contributed by atoms with E-state index in [1.807, 2.05) is 0 Å². The average Bonchev–Trinajstić information content (AvgIpc) is 3.12. The van der Waals surface area contributed by atoms with Gasteiger partial charge in [-0.3, -0.25) is 9.59 Å². The molecular weight excluding hydrogens is 436 g/mol. The Hall–Kier alpha value is -2.47. The standard InChI is InChI=1S/C14H23N6O4.C2H4O2.Cu/c15-4-2-1-3-10(14(23)24)20-13(22)11(19-12(21)6-16)5-9-7-17-8-18-9;1-2(3)4;/h7-8,10-11,16H,1-6,15H2,(H4,17,18,19,20,21,22,23,24);1H3,(H,3,4);/q-1;;+2/p-2/t10-,11-;;/m0../s1. The Labute approximate surface area is 178 Å². The van der Waals surface area contributed by atoms with Gasteiger partial charge in [-0.2, -0.15) is 0 Å². The molecule has 0 spiro atoms. The topological polar surface area (TPSA) is 216 Å². The Kier molecular flexibility index (Phi) is 16.3. The van der Waals surface area contributed by atoms with E-state index < -0.39 is 42.4 Å². The number of carbonyl (C=O) groups excluding carboxylic acids is 3. The number of nitrogens with zero attached hydrogens (tertiary/aromatic N) is 2. The van der Waals surface area contributed by atoms with Crippen LogP contribution in [0.3, 0.4) is 0 Å². The Morgan fingerprint density at radius 3 is 2.45 bits per heavy atom. The first kappa shape index (κ1) is 28.7. The van der Waals surface area contributed by atoms with Crippen LogP contribution in [0.5, 0.6) is 0 Å². The molecule has 0 aliphatic carbocycles. The van der Waals surface area contributed by atoms with Crippen LogP contribution in [0.1, 0.15) is 31.9 Å². The molecular formula is C16H25CuN6O6-. The minimum atomic E-state index is -1.41. The van der Waals surface area contributed by atoms with Gasteiger partial charge in [-0.05, 0) is 38.3 Å². The fraction of sp³-hybridized carbons (Fsp3) is 0.562. The van der Waals surface area contributed by atoms with Crippen LogP contribution in [0, 0.1) is 0 Å². The molecule has 1 aromatic rings. The number of carboxylic acids is 2. The Morgan fingerprint density at radius 1 is 1.38 bits per heavy atom. The van der Waals surface area contributed by atoms with Crippen molar-refractivity contribution in [2.45, 2.75) is 44.7 Å². The van der Waals surface area contributed by atoms with Crippen molar-refractivity contribution in [3.05, 3.63) is 29.3 Å². The van der Waals surface area contributed by atoms with Gasteiger partial charge in [-0.1, -0.05) is 0 Å². The van der Waals surface area contributed by atoms with Crippen molar-refractivity contribution in [2.75, 3.05) is 13.1 Å². The summed E-state index contributed by atoms with van der Waals surface area (Å²) >= 11 is 0. The first-order chi connectivity index (χ1) is 13.2. The van der Waals surface area contributed by atoms with E-state index in [9.17, 15) is 19.5 Å². The monoisotopic (exact) mass is 460 g/mol. The van der Waals surface area contributed by atoms with Crippen LogP contribution >= 0.6 is 0 Å². The second-order valence-corrected chi connectivity index (χ2v) is 5.66. The van der Waals surface area contributed by atoms with E-state index in [1.165, 1.54) is 6.33 Å². The van der Waals surface area contributed by atoms with Gasteiger partial charge in [0.2, 0.25) is 5.91 Å². The number of H-pyrrole nitrogens is 1. The van der Waals surface area contributed by atoms with Crippen molar-refractivity contribution in [3.63, 3.8) is 0 Å². The van der Waals surface area contributed by atoms with Crippen molar-refractivity contribution >= 4 is 23.8 Å². The third kappa shape index (κ3) is 14.2. The molecule has 1 radical (unpaired) electrons. The molecule has 0 bridgehead atoms. The van der Waals surface area contributed by atoms with Crippen LogP contribution in [0.4, 0.5) is 0 Å². The molecule has 2 amide bonds. The van der Waals surface area contributed by atoms with Crippen LogP contribution < -0.4 is 16.2 Å². The van der Waals surface area contributed by atoms with E-state index in [2.05, 4.69) is 20.6 Å². The molecule has 0 aliphatic rings. The zero-order valence-corrected chi connectivity index (χ0v) is 16.8. The van der Waals surface area contributed by atoms with Crippen LogP contribution in [-0.2, 0) is 42.7 Å². The molecule has 0 saturated heterocycles. The van der Waals surface area contributed by atoms with Gasteiger partial charge in [-0.15, -0.1) is 6.54 Å². The Balaban J connectivity index is 0. The number of carboxylic acid groups (broad SMARTS) is 2. The number of hydrogen-bond acceptors (Lipinski definition) is 7. The second kappa shape index (κ2) is 16.5. The van der Waals surface area contributed by atoms with E-state index in [0.29, 0.717) is 25.1 Å². The number of rotatable bonds is 11. The fourth-order valence-corrected chi connectivity index (χ4v) is 2.03. The molecule has 1 rings (SSSR count). The number of imidazole rings is 1. The molecule has 0 saturated carbocycles. The number of nitrogens with two attached hydrogens (primary N) is 1. The number of carbonyl (C=O) groups is 4. The number of aromatic nitrogens is 2. The van der Waals surface area contributed by atoms with Crippen LogP contribution in [0.15, 0.2) is 12.5 Å². The van der Waals surface area contributed by atoms with Crippen molar-refractivity contribution < 1.29 is 46.5 Å². The average molecular weight is 461 g/mol. The Bertz CT molecular complexity index is 623. The van der Waals surface area contributed by atoms with Crippen LogP contribution in [0.2, 0.25) is 0 Å². The minimum absolute atomic E-state index is 0. The summed E-state index contributed by atoms with van der Waals surface area (Å²) in [6.45, 7) is 0.910. The largest absolute Gasteiger partial charge is 2.00 e. The summed E-state index contributed by atoms with van der Waals surface area (Å²) in [7, 11) is 0. The van der Waals surface area contributed by atoms with Gasteiger partial charge < -0.3 is 46.9 Å². The summed E-state index contributed by atoms with van der Waals surface area (Å²) in [5.41, 5.74) is 12.8. The van der Waals surface area contributed by atoms with Gasteiger partial charge in [0.05, 0.1) is 24.0 Å². The van der Waals surface area contributed by atoms with Gasteiger partial charge in [0.1, 0.15) is 0 Å². The molecule has 0 aliphatic heterocycles. The van der Waals surface area contributed by atoms with Crippen molar-refractivity contribution in [3.8, 4) is 0 Å². The van der Waals surface area contributed by atoms with E-state index >= 15 is 0 Å². The summed E-state index contributed by atoms with van der Waals surface area (Å²) in [4.78, 5) is 50.5. The van der Waals surface area contributed by atoms with Crippen LogP contribution in [-0.4, -0.2) is 64.0 Å². The van der Waals surface area contributed by atoms with Crippen molar-refractivity contribution in [1.29, 1.82) is 0 Å². The van der Waals surface area contributed by atoms with Gasteiger partial charge >= 0.3 is 17.1 Å². The summed E-state index contributed by atoms with van der Waals surface area (Å²) in [5, 5.41) is 24.5. The third-order valence-electron chi connectivity index (χ3n) is 3.26. The number of unbranched alkanes of at least 4 members (excludes halogenated alkanes) is 1. The molecule has 2 atom stereocenters. The van der Waals surface area contributed by atoms with E-state index in [0.717, 1.165) is 6.92 Å². The first-order valence-corrected chi connectivity index (χ1v) is 8.48. The van der Waals surface area contributed by atoms with Crippen molar-refractivity contribution in [1.82, 2.24) is 15.3 Å². The smallest absolute Gasteiger partial charge is 0.673 e. The third-order valence-corrected chi connectivity index (χ3v) is 3.26. The Morgan fingerprint density at radius 2 is 2.00 bits per heavy atom. The quantitative estimate of drug-likeness (QED) is 0.230. The van der Waals surface area contributed by atoms with Gasteiger partial charge in [-0.25, -0.2) is 4.98 Å². The van der Waals surface area contributed by atoms with Crippen LogP contribution in [0.25, 0.3) is 11.1 Å². The zero-order valence-electron chi connectivity index (χ0n) is 15.8. The molecule has 167 valence electrons. The molecule has 12 nitrogen and oxygen atoms in total. The molecule has 13 heteroatoms. The maximum Gasteiger partial charge on any atom is 2.00 e. The number of amides is 2. The van der Waals surface area contributed by atoms with E-state index in [-0.39, 0.29) is 29.9 Å². The normalized spacial score (nSPS) is 11.7. The van der Waals surface area contributed by atoms with E-state index in [1.54, 1.807) is 6.20 Å². The fourth-order valence-electron chi connectivity index (χ4n) is 2.03.